The topological polar surface area (TPSA) is 15.8 Å². The van der Waals surface area contributed by atoms with Gasteiger partial charge in [-0.05, 0) is 23.6 Å². The molecule has 0 saturated heterocycles. The SMILES string of the molecule is C=C/C=C(\c1cc[nH]c1C=C)C(C)C. The summed E-state index contributed by atoms with van der Waals surface area (Å²) >= 11 is 0. The van der Waals surface area contributed by atoms with Gasteiger partial charge in [-0.3, -0.25) is 0 Å². The second-order valence-corrected chi connectivity index (χ2v) is 3.52. The van der Waals surface area contributed by atoms with E-state index in [1.54, 1.807) is 0 Å². The van der Waals surface area contributed by atoms with Crippen LogP contribution in [0.2, 0.25) is 0 Å². The molecule has 1 aromatic rings. The van der Waals surface area contributed by atoms with Crippen LogP contribution in [0.4, 0.5) is 0 Å². The Morgan fingerprint density at radius 2 is 2.14 bits per heavy atom. The Bertz CT molecular complexity index is 353. The van der Waals surface area contributed by atoms with Crippen molar-refractivity contribution in [1.82, 2.24) is 4.98 Å². The fourth-order valence-corrected chi connectivity index (χ4v) is 1.52. The molecule has 74 valence electrons. The van der Waals surface area contributed by atoms with Crippen LogP contribution in [0, 0.1) is 5.92 Å². The molecular formula is C13H17N. The maximum Gasteiger partial charge on any atom is 0.0450 e. The molecule has 14 heavy (non-hydrogen) atoms. The molecule has 0 aliphatic rings. The summed E-state index contributed by atoms with van der Waals surface area (Å²) in [5, 5.41) is 0. The number of aromatic nitrogens is 1. The van der Waals surface area contributed by atoms with E-state index in [-0.39, 0.29) is 0 Å². The van der Waals surface area contributed by atoms with E-state index in [4.69, 9.17) is 0 Å². The summed E-state index contributed by atoms with van der Waals surface area (Å²) in [6.45, 7) is 11.9. The van der Waals surface area contributed by atoms with E-state index >= 15 is 0 Å². The van der Waals surface area contributed by atoms with E-state index in [0.717, 1.165) is 5.69 Å². The zero-order valence-electron chi connectivity index (χ0n) is 8.88. The lowest BCUT2D eigenvalue weighted by atomic mass is 9.95. The molecule has 1 aromatic heterocycles. The fourth-order valence-electron chi connectivity index (χ4n) is 1.52. The summed E-state index contributed by atoms with van der Waals surface area (Å²) in [6, 6.07) is 2.08. The van der Waals surface area contributed by atoms with Gasteiger partial charge in [-0.15, -0.1) is 0 Å². The highest BCUT2D eigenvalue weighted by Gasteiger charge is 2.09. The number of hydrogen-bond acceptors (Lipinski definition) is 0. The normalized spacial score (nSPS) is 11.8. The van der Waals surface area contributed by atoms with Gasteiger partial charge in [0.05, 0.1) is 0 Å². The Morgan fingerprint density at radius 1 is 1.43 bits per heavy atom. The molecule has 0 bridgehead atoms. The minimum atomic E-state index is 0.488. The van der Waals surface area contributed by atoms with E-state index in [9.17, 15) is 0 Å². The van der Waals surface area contributed by atoms with Crippen LogP contribution in [0.15, 0.2) is 37.6 Å². The molecule has 0 aromatic carbocycles. The van der Waals surface area contributed by atoms with E-state index in [1.165, 1.54) is 11.1 Å². The van der Waals surface area contributed by atoms with Gasteiger partial charge in [0, 0.05) is 17.5 Å². The summed E-state index contributed by atoms with van der Waals surface area (Å²) in [7, 11) is 0. The minimum absolute atomic E-state index is 0.488. The van der Waals surface area contributed by atoms with Gasteiger partial charge in [-0.2, -0.15) is 0 Å². The smallest absolute Gasteiger partial charge is 0.0450 e. The second kappa shape index (κ2) is 4.66. The largest absolute Gasteiger partial charge is 0.361 e. The molecule has 1 nitrogen and oxygen atoms in total. The second-order valence-electron chi connectivity index (χ2n) is 3.52. The quantitative estimate of drug-likeness (QED) is 0.688. The third kappa shape index (κ3) is 2.05. The molecule has 0 spiro atoms. The summed E-state index contributed by atoms with van der Waals surface area (Å²) in [5.41, 5.74) is 3.58. The first kappa shape index (κ1) is 10.6. The van der Waals surface area contributed by atoms with Gasteiger partial charge in [-0.1, -0.05) is 39.2 Å². The predicted molar refractivity (Wildman–Crippen MR) is 63.9 cm³/mol. The van der Waals surface area contributed by atoms with Crippen molar-refractivity contribution in [2.75, 3.05) is 0 Å². The summed E-state index contributed by atoms with van der Waals surface area (Å²) in [4.78, 5) is 3.16. The Kier molecular flexibility index (Phi) is 3.52. The number of rotatable bonds is 4. The number of nitrogens with one attached hydrogen (secondary N) is 1. The molecule has 1 N–H and O–H groups in total. The highest BCUT2D eigenvalue weighted by atomic mass is 14.7. The first-order chi connectivity index (χ1) is 6.70. The molecule has 1 rings (SSSR count). The van der Waals surface area contributed by atoms with Crippen LogP contribution < -0.4 is 0 Å². The molecule has 0 amide bonds. The van der Waals surface area contributed by atoms with Gasteiger partial charge in [0.25, 0.3) is 0 Å². The zero-order valence-corrected chi connectivity index (χ0v) is 8.88. The van der Waals surface area contributed by atoms with Crippen molar-refractivity contribution in [3.63, 3.8) is 0 Å². The van der Waals surface area contributed by atoms with Gasteiger partial charge in [0.2, 0.25) is 0 Å². The van der Waals surface area contributed by atoms with Crippen molar-refractivity contribution in [3.8, 4) is 0 Å². The van der Waals surface area contributed by atoms with Gasteiger partial charge in [0.1, 0.15) is 0 Å². The maximum absolute atomic E-state index is 3.78. The van der Waals surface area contributed by atoms with E-state index in [1.807, 2.05) is 18.3 Å². The minimum Gasteiger partial charge on any atom is -0.361 e. The molecule has 0 radical (unpaired) electrons. The number of allylic oxidation sites excluding steroid dienone is 3. The van der Waals surface area contributed by atoms with Gasteiger partial charge < -0.3 is 4.98 Å². The highest BCUT2D eigenvalue weighted by molar-refractivity contribution is 5.74. The highest BCUT2D eigenvalue weighted by Crippen LogP contribution is 2.26. The average Bonchev–Trinajstić information content (AvgIpc) is 2.61. The molecule has 1 heterocycles. The lowest BCUT2D eigenvalue weighted by Gasteiger charge is -2.10. The van der Waals surface area contributed by atoms with Crippen molar-refractivity contribution in [2.45, 2.75) is 13.8 Å². The molecule has 0 saturated carbocycles. The molecule has 0 aliphatic heterocycles. The lowest BCUT2D eigenvalue weighted by Crippen LogP contribution is -1.94. The Morgan fingerprint density at radius 3 is 2.64 bits per heavy atom. The summed E-state index contributed by atoms with van der Waals surface area (Å²) in [5.74, 6) is 0.488. The van der Waals surface area contributed by atoms with Crippen LogP contribution >= 0.6 is 0 Å². The van der Waals surface area contributed by atoms with Crippen LogP contribution in [0.1, 0.15) is 25.1 Å². The molecule has 1 heteroatoms. The third-order valence-electron chi connectivity index (χ3n) is 2.21. The monoisotopic (exact) mass is 187 g/mol. The zero-order chi connectivity index (χ0) is 10.6. The summed E-state index contributed by atoms with van der Waals surface area (Å²) in [6.07, 6.45) is 7.66. The lowest BCUT2D eigenvalue weighted by molar-refractivity contribution is 0.855. The van der Waals surface area contributed by atoms with Crippen LogP contribution in [0.3, 0.4) is 0 Å². The van der Waals surface area contributed by atoms with Crippen molar-refractivity contribution in [1.29, 1.82) is 0 Å². The van der Waals surface area contributed by atoms with Crippen molar-refractivity contribution >= 4 is 11.6 Å². The molecule has 0 unspecified atom stereocenters. The first-order valence-electron chi connectivity index (χ1n) is 4.83. The van der Waals surface area contributed by atoms with Crippen LogP contribution in [-0.4, -0.2) is 4.98 Å². The number of H-pyrrole nitrogens is 1. The third-order valence-corrected chi connectivity index (χ3v) is 2.21. The standard InChI is InChI=1S/C13H17N/c1-5-7-11(10(3)4)12-8-9-14-13(12)6-2/h5-10,14H,1-2H2,3-4H3/b11-7-. The van der Waals surface area contributed by atoms with E-state index in [2.05, 4.69) is 44.1 Å². The van der Waals surface area contributed by atoms with E-state index in [0.29, 0.717) is 5.92 Å². The maximum atomic E-state index is 3.78. The first-order valence-corrected chi connectivity index (χ1v) is 4.83. The van der Waals surface area contributed by atoms with Gasteiger partial charge in [-0.25, -0.2) is 0 Å². The van der Waals surface area contributed by atoms with Crippen molar-refractivity contribution in [2.24, 2.45) is 5.92 Å². The fraction of sp³-hybridized carbons (Fsp3) is 0.231. The molecule has 0 aliphatic carbocycles. The van der Waals surface area contributed by atoms with Gasteiger partial charge in [0.15, 0.2) is 0 Å². The number of aromatic amines is 1. The molecule has 0 atom stereocenters. The van der Waals surface area contributed by atoms with Gasteiger partial charge >= 0.3 is 0 Å². The molecule has 0 fully saturated rings. The summed E-state index contributed by atoms with van der Waals surface area (Å²) < 4.78 is 0. The Balaban J connectivity index is 3.17. The van der Waals surface area contributed by atoms with Crippen LogP contribution in [-0.2, 0) is 0 Å². The predicted octanol–water partition coefficient (Wildman–Crippen LogP) is 3.88. The Hall–Kier alpha value is -1.50. The molecular weight excluding hydrogens is 170 g/mol. The van der Waals surface area contributed by atoms with Crippen LogP contribution in [0.25, 0.3) is 11.6 Å². The van der Waals surface area contributed by atoms with E-state index < -0.39 is 0 Å². The van der Waals surface area contributed by atoms with Crippen molar-refractivity contribution < 1.29 is 0 Å². The number of hydrogen-bond donors (Lipinski definition) is 1. The Labute approximate surface area is 85.9 Å². The average molecular weight is 187 g/mol. The van der Waals surface area contributed by atoms with Crippen molar-refractivity contribution in [3.05, 3.63) is 48.8 Å². The van der Waals surface area contributed by atoms with Crippen LogP contribution in [0.5, 0.6) is 0 Å².